The first-order valence-corrected chi connectivity index (χ1v) is 4.94. The number of aromatic amines is 1. The van der Waals surface area contributed by atoms with Crippen LogP contribution in [-0.4, -0.2) is 19.7 Å². The minimum Gasteiger partial charge on any atom is -0.268 e. The van der Waals surface area contributed by atoms with Crippen molar-refractivity contribution in [3.63, 3.8) is 0 Å². The number of nitrogens with one attached hydrogen (secondary N) is 1. The van der Waals surface area contributed by atoms with Crippen molar-refractivity contribution in [1.29, 1.82) is 0 Å². The Balaban J connectivity index is 2.44. The zero-order valence-corrected chi connectivity index (χ0v) is 8.59. The highest BCUT2D eigenvalue weighted by molar-refractivity contribution is 5.77. The first kappa shape index (κ1) is 9.71. The SMILES string of the molecule is O=c1c2ccccc2nc(F)n1-c1ccn[nH]1. The molecular formula is C11H7FN4O. The molecule has 0 unspecified atom stereocenters. The summed E-state index contributed by atoms with van der Waals surface area (Å²) in [6.45, 7) is 0. The average Bonchev–Trinajstić information content (AvgIpc) is 2.83. The molecule has 0 aliphatic heterocycles. The fourth-order valence-electron chi connectivity index (χ4n) is 1.69. The molecule has 0 radical (unpaired) electrons. The van der Waals surface area contributed by atoms with Crippen LogP contribution in [0.15, 0.2) is 41.3 Å². The van der Waals surface area contributed by atoms with Gasteiger partial charge >= 0.3 is 0 Å². The largest absolute Gasteiger partial charge is 0.298 e. The van der Waals surface area contributed by atoms with E-state index < -0.39 is 11.6 Å². The van der Waals surface area contributed by atoms with E-state index in [0.717, 1.165) is 4.57 Å². The number of fused-ring (bicyclic) bond motifs is 1. The van der Waals surface area contributed by atoms with Crippen LogP contribution in [0.3, 0.4) is 0 Å². The molecule has 6 heteroatoms. The molecule has 0 amide bonds. The molecule has 0 aliphatic rings. The first-order valence-electron chi connectivity index (χ1n) is 4.94. The van der Waals surface area contributed by atoms with Crippen molar-refractivity contribution >= 4 is 10.9 Å². The van der Waals surface area contributed by atoms with Gasteiger partial charge < -0.3 is 0 Å². The van der Waals surface area contributed by atoms with Gasteiger partial charge in [0.1, 0.15) is 5.82 Å². The van der Waals surface area contributed by atoms with E-state index >= 15 is 0 Å². The predicted octanol–water partition coefficient (Wildman–Crippen LogP) is 1.25. The highest BCUT2D eigenvalue weighted by atomic mass is 19.1. The molecule has 0 fully saturated rings. The third kappa shape index (κ3) is 1.42. The van der Waals surface area contributed by atoms with E-state index in [1.807, 2.05) is 0 Å². The second-order valence-electron chi connectivity index (χ2n) is 3.48. The summed E-state index contributed by atoms with van der Waals surface area (Å²) < 4.78 is 14.6. The van der Waals surface area contributed by atoms with Crippen LogP contribution in [0.5, 0.6) is 0 Å². The van der Waals surface area contributed by atoms with Gasteiger partial charge in [-0.15, -0.1) is 0 Å². The second kappa shape index (κ2) is 3.51. The van der Waals surface area contributed by atoms with E-state index in [2.05, 4.69) is 15.2 Å². The van der Waals surface area contributed by atoms with E-state index in [9.17, 15) is 9.18 Å². The Bertz CT molecular complexity index is 733. The summed E-state index contributed by atoms with van der Waals surface area (Å²) in [5, 5.41) is 6.58. The van der Waals surface area contributed by atoms with E-state index in [-0.39, 0.29) is 5.82 Å². The summed E-state index contributed by atoms with van der Waals surface area (Å²) in [6, 6.07) is 8.12. The molecule has 0 bridgehead atoms. The molecule has 17 heavy (non-hydrogen) atoms. The highest BCUT2D eigenvalue weighted by Crippen LogP contribution is 2.09. The van der Waals surface area contributed by atoms with Crippen molar-refractivity contribution in [1.82, 2.24) is 19.7 Å². The lowest BCUT2D eigenvalue weighted by atomic mass is 10.2. The number of rotatable bonds is 1. The Morgan fingerprint density at radius 3 is 2.82 bits per heavy atom. The van der Waals surface area contributed by atoms with Gasteiger partial charge in [-0.2, -0.15) is 9.49 Å². The van der Waals surface area contributed by atoms with Crippen LogP contribution in [0.2, 0.25) is 0 Å². The summed E-state index contributed by atoms with van der Waals surface area (Å²) in [4.78, 5) is 15.8. The number of nitrogens with zero attached hydrogens (tertiary/aromatic N) is 3. The minimum atomic E-state index is -0.863. The first-order chi connectivity index (χ1) is 8.27. The Morgan fingerprint density at radius 2 is 2.06 bits per heavy atom. The quantitative estimate of drug-likeness (QED) is 0.640. The van der Waals surface area contributed by atoms with Gasteiger partial charge in [-0.3, -0.25) is 9.89 Å². The van der Waals surface area contributed by atoms with Crippen LogP contribution in [-0.2, 0) is 0 Å². The van der Waals surface area contributed by atoms with Crippen molar-refractivity contribution in [2.45, 2.75) is 0 Å². The maximum absolute atomic E-state index is 13.7. The van der Waals surface area contributed by atoms with Gasteiger partial charge in [-0.05, 0) is 12.1 Å². The van der Waals surface area contributed by atoms with Gasteiger partial charge in [-0.1, -0.05) is 12.1 Å². The van der Waals surface area contributed by atoms with Gasteiger partial charge in [0.25, 0.3) is 11.6 Å². The summed E-state index contributed by atoms with van der Waals surface area (Å²) in [7, 11) is 0. The van der Waals surface area contributed by atoms with Crippen molar-refractivity contribution in [2.24, 2.45) is 0 Å². The molecule has 3 aromatic rings. The van der Waals surface area contributed by atoms with Crippen LogP contribution in [0, 0.1) is 6.08 Å². The van der Waals surface area contributed by atoms with Gasteiger partial charge in [0.15, 0.2) is 0 Å². The van der Waals surface area contributed by atoms with Crippen LogP contribution in [0.25, 0.3) is 16.7 Å². The lowest BCUT2D eigenvalue weighted by Crippen LogP contribution is -2.23. The molecule has 0 atom stereocenters. The van der Waals surface area contributed by atoms with Gasteiger partial charge in [-0.25, -0.2) is 9.55 Å². The number of aromatic nitrogens is 4. The minimum absolute atomic E-state index is 0.255. The molecule has 0 saturated carbocycles. The zero-order chi connectivity index (χ0) is 11.8. The topological polar surface area (TPSA) is 63.6 Å². The molecule has 1 N–H and O–H groups in total. The van der Waals surface area contributed by atoms with Gasteiger partial charge in [0.2, 0.25) is 0 Å². The molecule has 0 spiro atoms. The molecule has 84 valence electrons. The smallest absolute Gasteiger partial charge is 0.268 e. The Kier molecular flexibility index (Phi) is 2.01. The van der Waals surface area contributed by atoms with Crippen LogP contribution < -0.4 is 5.56 Å². The van der Waals surface area contributed by atoms with Gasteiger partial charge in [0.05, 0.1) is 17.1 Å². The molecule has 5 nitrogen and oxygen atoms in total. The van der Waals surface area contributed by atoms with Gasteiger partial charge in [0, 0.05) is 6.07 Å². The number of hydrogen-bond donors (Lipinski definition) is 1. The zero-order valence-electron chi connectivity index (χ0n) is 8.59. The molecule has 1 aromatic carbocycles. The monoisotopic (exact) mass is 230 g/mol. The van der Waals surface area contributed by atoms with Crippen LogP contribution >= 0.6 is 0 Å². The summed E-state index contributed by atoms with van der Waals surface area (Å²) in [5.74, 6) is 0.255. The number of halogens is 1. The van der Waals surface area contributed by atoms with E-state index in [0.29, 0.717) is 10.9 Å². The van der Waals surface area contributed by atoms with Crippen molar-refractivity contribution in [3.8, 4) is 5.82 Å². The summed E-state index contributed by atoms with van der Waals surface area (Å²) in [5.41, 5.74) is -0.122. The number of hydrogen-bond acceptors (Lipinski definition) is 3. The third-order valence-electron chi connectivity index (χ3n) is 2.46. The summed E-state index contributed by atoms with van der Waals surface area (Å²) in [6.07, 6.45) is 0.578. The maximum atomic E-state index is 13.7. The highest BCUT2D eigenvalue weighted by Gasteiger charge is 2.12. The Labute approximate surface area is 94.5 Å². The maximum Gasteiger partial charge on any atom is 0.298 e. The Morgan fingerprint density at radius 1 is 1.24 bits per heavy atom. The third-order valence-corrected chi connectivity index (χ3v) is 2.46. The van der Waals surface area contributed by atoms with Crippen molar-refractivity contribution < 1.29 is 4.39 Å². The molecule has 0 saturated heterocycles. The lowest BCUT2D eigenvalue weighted by molar-refractivity contribution is 0.503. The Hall–Kier alpha value is -2.50. The fraction of sp³-hybridized carbons (Fsp3) is 0. The number of H-pyrrole nitrogens is 1. The second-order valence-corrected chi connectivity index (χ2v) is 3.48. The normalized spacial score (nSPS) is 10.9. The van der Waals surface area contributed by atoms with E-state index in [4.69, 9.17) is 0 Å². The standard InChI is InChI=1S/C11H7FN4O/c12-11-14-8-4-2-1-3-7(8)10(17)16(11)9-5-6-13-15-9/h1-6H,(H,13,15). The fourth-order valence-corrected chi connectivity index (χ4v) is 1.69. The molecule has 2 aromatic heterocycles. The molecule has 2 heterocycles. The molecule has 3 rings (SSSR count). The lowest BCUT2D eigenvalue weighted by Gasteiger charge is -2.04. The summed E-state index contributed by atoms with van der Waals surface area (Å²) >= 11 is 0. The van der Waals surface area contributed by atoms with E-state index in [1.54, 1.807) is 24.3 Å². The number of benzene rings is 1. The predicted molar refractivity (Wildman–Crippen MR) is 59.4 cm³/mol. The number of para-hydroxylation sites is 1. The van der Waals surface area contributed by atoms with Crippen molar-refractivity contribution in [3.05, 3.63) is 53.0 Å². The molecule has 0 aliphatic carbocycles. The van der Waals surface area contributed by atoms with Crippen LogP contribution in [0.4, 0.5) is 4.39 Å². The molecular weight excluding hydrogens is 223 g/mol. The average molecular weight is 230 g/mol. The van der Waals surface area contributed by atoms with Crippen LogP contribution in [0.1, 0.15) is 0 Å². The van der Waals surface area contributed by atoms with E-state index in [1.165, 1.54) is 12.3 Å². The van der Waals surface area contributed by atoms with Crippen molar-refractivity contribution in [2.75, 3.05) is 0 Å².